The molecule has 2 aromatic carbocycles. The van der Waals surface area contributed by atoms with E-state index in [2.05, 4.69) is 10.3 Å². The molecule has 1 N–H and O–H groups in total. The van der Waals surface area contributed by atoms with E-state index in [1.54, 1.807) is 36.8 Å². The molecule has 0 fully saturated rings. The normalized spacial score (nSPS) is 11.7. The van der Waals surface area contributed by atoms with Gasteiger partial charge >= 0.3 is 0 Å². The quantitative estimate of drug-likeness (QED) is 0.374. The van der Waals surface area contributed by atoms with Crippen LogP contribution >= 0.6 is 22.9 Å². The first-order chi connectivity index (χ1) is 15.4. The first-order valence-corrected chi connectivity index (χ1v) is 10.7. The maximum atomic E-state index is 12.2. The molecular weight excluding hydrogens is 450 g/mol. The number of fused-ring (bicyclic) bond motifs is 1. The van der Waals surface area contributed by atoms with Gasteiger partial charge in [-0.15, -0.1) is 11.3 Å². The molecule has 2 heterocycles. The van der Waals surface area contributed by atoms with Gasteiger partial charge in [-0.1, -0.05) is 23.7 Å². The second kappa shape index (κ2) is 8.83. The van der Waals surface area contributed by atoms with Crippen LogP contribution in [0.3, 0.4) is 0 Å². The summed E-state index contributed by atoms with van der Waals surface area (Å²) in [5, 5.41) is 15.0. The molecule has 2 aromatic heterocycles. The Hall–Kier alpha value is -3.67. The van der Waals surface area contributed by atoms with Crippen molar-refractivity contribution in [3.63, 3.8) is 0 Å². The van der Waals surface area contributed by atoms with E-state index < -0.39 is 17.6 Å². The molecule has 1 atom stereocenters. The van der Waals surface area contributed by atoms with Gasteiger partial charge in [0.2, 0.25) is 0 Å². The molecule has 0 saturated heterocycles. The number of nitriles is 1. The maximum Gasteiger partial charge on any atom is 0.251 e. The number of ketones is 1. The highest BCUT2D eigenvalue weighted by molar-refractivity contribution is 7.14. The number of aromatic nitrogens is 1. The van der Waals surface area contributed by atoms with Gasteiger partial charge in [0.25, 0.3) is 5.91 Å². The number of carbonyl (C=O) groups excluding carboxylic acids is 2. The number of hydrogen-bond acceptors (Lipinski definition) is 7. The van der Waals surface area contributed by atoms with Crippen LogP contribution in [0.2, 0.25) is 5.02 Å². The number of nitrogens with one attached hydrogen (secondary N) is 1. The van der Waals surface area contributed by atoms with Gasteiger partial charge in [0.15, 0.2) is 22.6 Å². The SMILES string of the molecule is COc1ccc2oc(-c3csc(NC(=O)C(C#N)C(C)=O)n3)c(-c3ccc(Cl)cc3)c2c1. The van der Waals surface area contributed by atoms with Crippen molar-refractivity contribution in [2.75, 3.05) is 12.4 Å². The number of halogens is 1. The van der Waals surface area contributed by atoms with Crippen molar-refractivity contribution in [1.82, 2.24) is 4.98 Å². The predicted octanol–water partition coefficient (Wildman–Crippen LogP) is 5.55. The highest BCUT2D eigenvalue weighted by Crippen LogP contribution is 2.42. The molecule has 7 nitrogen and oxygen atoms in total. The number of carbonyl (C=O) groups is 2. The molecule has 1 amide bonds. The second-order valence-corrected chi connectivity index (χ2v) is 8.17. The summed E-state index contributed by atoms with van der Waals surface area (Å²) in [6.45, 7) is 1.20. The van der Waals surface area contributed by atoms with Crippen molar-refractivity contribution < 1.29 is 18.7 Å². The zero-order valence-electron chi connectivity index (χ0n) is 17.0. The molecule has 1 unspecified atom stereocenters. The summed E-state index contributed by atoms with van der Waals surface area (Å²) in [5.41, 5.74) is 2.82. The van der Waals surface area contributed by atoms with E-state index in [9.17, 15) is 9.59 Å². The summed E-state index contributed by atoms with van der Waals surface area (Å²) in [4.78, 5) is 28.2. The van der Waals surface area contributed by atoms with Gasteiger partial charge < -0.3 is 14.5 Å². The first kappa shape index (κ1) is 21.6. The van der Waals surface area contributed by atoms with Crippen molar-refractivity contribution in [1.29, 1.82) is 5.26 Å². The van der Waals surface area contributed by atoms with E-state index in [1.807, 2.05) is 24.3 Å². The number of Topliss-reactive ketones (excluding diaryl/α,β-unsaturated/α-hetero) is 1. The topological polar surface area (TPSA) is 105 Å². The third-order valence-electron chi connectivity index (χ3n) is 4.79. The lowest BCUT2D eigenvalue weighted by atomic mass is 10.0. The van der Waals surface area contributed by atoms with Crippen LogP contribution in [0.4, 0.5) is 5.13 Å². The van der Waals surface area contributed by atoms with E-state index in [1.165, 1.54) is 18.3 Å². The van der Waals surface area contributed by atoms with E-state index >= 15 is 0 Å². The molecular formula is C23H16ClN3O4S. The Labute approximate surface area is 192 Å². The molecule has 0 aliphatic carbocycles. The lowest BCUT2D eigenvalue weighted by Gasteiger charge is -2.04. The van der Waals surface area contributed by atoms with E-state index in [-0.39, 0.29) is 5.13 Å². The Balaban J connectivity index is 1.79. The fourth-order valence-corrected chi connectivity index (χ4v) is 4.05. The molecule has 32 heavy (non-hydrogen) atoms. The van der Waals surface area contributed by atoms with Crippen LogP contribution in [0.25, 0.3) is 33.6 Å². The van der Waals surface area contributed by atoms with Gasteiger partial charge in [-0.3, -0.25) is 9.59 Å². The van der Waals surface area contributed by atoms with Crippen LogP contribution < -0.4 is 10.1 Å². The van der Waals surface area contributed by atoms with Gasteiger partial charge in [-0.2, -0.15) is 5.26 Å². The van der Waals surface area contributed by atoms with E-state index in [4.69, 9.17) is 26.0 Å². The van der Waals surface area contributed by atoms with Gasteiger partial charge in [0, 0.05) is 21.4 Å². The van der Waals surface area contributed by atoms with Gasteiger partial charge in [0.1, 0.15) is 17.0 Å². The third-order valence-corrected chi connectivity index (χ3v) is 5.80. The van der Waals surface area contributed by atoms with Gasteiger partial charge in [-0.05, 0) is 42.8 Å². The van der Waals surface area contributed by atoms with Crippen LogP contribution in [-0.4, -0.2) is 23.8 Å². The largest absolute Gasteiger partial charge is 0.497 e. The maximum absolute atomic E-state index is 12.2. The molecule has 0 spiro atoms. The molecule has 9 heteroatoms. The second-order valence-electron chi connectivity index (χ2n) is 6.88. The molecule has 0 aliphatic heterocycles. The number of furan rings is 1. The molecule has 160 valence electrons. The lowest BCUT2D eigenvalue weighted by molar-refractivity contribution is -0.127. The summed E-state index contributed by atoms with van der Waals surface area (Å²) in [6, 6.07) is 14.5. The van der Waals surface area contributed by atoms with Crippen molar-refractivity contribution in [2.45, 2.75) is 6.92 Å². The Morgan fingerprint density at radius 2 is 2.00 bits per heavy atom. The highest BCUT2D eigenvalue weighted by Gasteiger charge is 2.25. The molecule has 0 bridgehead atoms. The summed E-state index contributed by atoms with van der Waals surface area (Å²) in [7, 11) is 1.59. The Morgan fingerprint density at radius 3 is 2.66 bits per heavy atom. The van der Waals surface area contributed by atoms with Crippen molar-refractivity contribution >= 4 is 50.7 Å². The predicted molar refractivity (Wildman–Crippen MR) is 123 cm³/mol. The molecule has 0 radical (unpaired) electrons. The molecule has 0 saturated carbocycles. The van der Waals surface area contributed by atoms with Crippen LogP contribution in [0.1, 0.15) is 6.92 Å². The number of amides is 1. The highest BCUT2D eigenvalue weighted by atomic mass is 35.5. The molecule has 4 aromatic rings. The standard InChI is InChI=1S/C23H16ClN3O4S/c1-12(28)17(10-25)22(29)27-23-26-18(11-32-23)21-20(13-3-5-14(24)6-4-13)16-9-15(30-2)7-8-19(16)31-21/h3-9,11,17H,1-2H3,(H,26,27,29). The monoisotopic (exact) mass is 465 g/mol. The summed E-state index contributed by atoms with van der Waals surface area (Å²) in [5.74, 6) is -1.44. The number of ether oxygens (including phenoxy) is 1. The first-order valence-electron chi connectivity index (χ1n) is 9.44. The molecule has 0 aliphatic rings. The zero-order chi connectivity index (χ0) is 22.8. The Kier molecular flexibility index (Phi) is 5.95. The number of benzene rings is 2. The smallest absolute Gasteiger partial charge is 0.251 e. The van der Waals surface area contributed by atoms with Crippen molar-refractivity contribution in [3.05, 3.63) is 52.9 Å². The number of methoxy groups -OCH3 is 1. The number of hydrogen-bond donors (Lipinski definition) is 1. The lowest BCUT2D eigenvalue weighted by Crippen LogP contribution is -2.26. The number of thiazole rings is 1. The number of rotatable bonds is 6. The fourth-order valence-electron chi connectivity index (χ4n) is 3.23. The minimum Gasteiger partial charge on any atom is -0.497 e. The third kappa shape index (κ3) is 4.08. The number of nitrogens with zero attached hydrogens (tertiary/aromatic N) is 2. The summed E-state index contributed by atoms with van der Waals surface area (Å²) >= 11 is 7.23. The van der Waals surface area contributed by atoms with Crippen molar-refractivity contribution in [2.24, 2.45) is 5.92 Å². The van der Waals surface area contributed by atoms with Gasteiger partial charge in [0.05, 0.1) is 13.2 Å². The summed E-state index contributed by atoms with van der Waals surface area (Å²) in [6.07, 6.45) is 0. The Morgan fingerprint density at radius 1 is 1.25 bits per heavy atom. The molecule has 4 rings (SSSR count). The van der Waals surface area contributed by atoms with Crippen LogP contribution in [-0.2, 0) is 9.59 Å². The van der Waals surface area contributed by atoms with Crippen LogP contribution in [0, 0.1) is 17.2 Å². The number of anilines is 1. The van der Waals surface area contributed by atoms with Crippen LogP contribution in [0.15, 0.2) is 52.3 Å². The average molecular weight is 466 g/mol. The minimum absolute atomic E-state index is 0.256. The van der Waals surface area contributed by atoms with E-state index in [0.717, 1.165) is 16.5 Å². The zero-order valence-corrected chi connectivity index (χ0v) is 18.6. The Bertz CT molecular complexity index is 1370. The van der Waals surface area contributed by atoms with Gasteiger partial charge in [-0.25, -0.2) is 4.98 Å². The van der Waals surface area contributed by atoms with Crippen LogP contribution in [0.5, 0.6) is 5.75 Å². The summed E-state index contributed by atoms with van der Waals surface area (Å²) < 4.78 is 11.5. The van der Waals surface area contributed by atoms with E-state index in [0.29, 0.717) is 27.8 Å². The van der Waals surface area contributed by atoms with Crippen molar-refractivity contribution in [3.8, 4) is 34.4 Å². The average Bonchev–Trinajstić information content (AvgIpc) is 3.38. The minimum atomic E-state index is -1.38. The fraction of sp³-hybridized carbons (Fsp3) is 0.130.